The maximum Gasteiger partial charge on any atom is 0.368 e. The van der Waals surface area contributed by atoms with Gasteiger partial charge in [0.1, 0.15) is 6.20 Å². The van der Waals surface area contributed by atoms with Gasteiger partial charge in [0.05, 0.1) is 6.26 Å². The largest absolute Gasteiger partial charge is 0.368 e. The Kier molecular flexibility index (Phi) is 4.37. The predicted molar refractivity (Wildman–Crippen MR) is 87.2 cm³/mol. The number of nitrogens with one attached hydrogen (secondary N) is 2. The number of anilines is 1. The summed E-state index contributed by atoms with van der Waals surface area (Å²) in [7, 11) is -3.24. The van der Waals surface area contributed by atoms with Crippen LogP contribution in [0.15, 0.2) is 18.3 Å². The molecule has 10 nitrogen and oxygen atoms in total. The van der Waals surface area contributed by atoms with Gasteiger partial charge in [0.25, 0.3) is 0 Å². The van der Waals surface area contributed by atoms with Gasteiger partial charge < -0.3 is 15.4 Å². The lowest BCUT2D eigenvalue weighted by molar-refractivity contribution is -0.391. The first-order chi connectivity index (χ1) is 11.3. The molecular weight excluding hydrogens is 336 g/mol. The Labute approximate surface area is 138 Å². The van der Waals surface area contributed by atoms with E-state index in [0.717, 1.165) is 31.7 Å². The summed E-state index contributed by atoms with van der Waals surface area (Å²) in [6.45, 7) is 0.536. The van der Waals surface area contributed by atoms with E-state index in [-0.39, 0.29) is 17.8 Å². The zero-order valence-electron chi connectivity index (χ0n) is 13.0. The molecule has 0 spiro atoms. The molecule has 0 saturated heterocycles. The first-order valence-corrected chi connectivity index (χ1v) is 9.43. The molecule has 2 aromatic rings. The number of hydrogen-bond donors (Lipinski definition) is 2. The molecular formula is C13H18N6O4S. The lowest BCUT2D eigenvalue weighted by atomic mass is 10.1. The van der Waals surface area contributed by atoms with Crippen LogP contribution in [-0.4, -0.2) is 46.8 Å². The van der Waals surface area contributed by atoms with Gasteiger partial charge in [-0.15, -0.1) is 0 Å². The molecule has 3 rings (SSSR count). The molecule has 0 bridgehead atoms. The minimum atomic E-state index is -3.24. The Morgan fingerprint density at radius 1 is 1.42 bits per heavy atom. The fraction of sp³-hybridized carbons (Fsp3) is 0.538. The normalized spacial score (nSPS) is 21.2. The first kappa shape index (κ1) is 16.6. The van der Waals surface area contributed by atoms with Gasteiger partial charge in [0, 0.05) is 18.7 Å². The SMILES string of the molecule is CS(=O)(=O)NC1CCCC1CNc1ccc2ncc([N+](=O)[O-])n2n1. The first-order valence-electron chi connectivity index (χ1n) is 7.54. The second kappa shape index (κ2) is 6.32. The summed E-state index contributed by atoms with van der Waals surface area (Å²) in [6.07, 6.45) is 4.99. The molecule has 130 valence electrons. The summed E-state index contributed by atoms with van der Waals surface area (Å²) in [5.74, 6) is 0.426. The highest BCUT2D eigenvalue weighted by Gasteiger charge is 2.29. The zero-order chi connectivity index (χ0) is 17.3. The van der Waals surface area contributed by atoms with Crippen LogP contribution in [0.4, 0.5) is 11.6 Å². The molecule has 1 aliphatic rings. The summed E-state index contributed by atoms with van der Waals surface area (Å²) in [5.41, 5.74) is 0.393. The average molecular weight is 354 g/mol. The summed E-state index contributed by atoms with van der Waals surface area (Å²) in [4.78, 5) is 14.3. The second-order valence-electron chi connectivity index (χ2n) is 5.93. The van der Waals surface area contributed by atoms with Crippen LogP contribution in [0.2, 0.25) is 0 Å². The number of aromatic nitrogens is 3. The molecule has 1 fully saturated rings. The minimum absolute atomic E-state index is 0.0983. The van der Waals surface area contributed by atoms with Crippen molar-refractivity contribution in [2.24, 2.45) is 5.92 Å². The smallest absolute Gasteiger partial charge is 0.367 e. The van der Waals surface area contributed by atoms with Gasteiger partial charge in [-0.2, -0.15) is 0 Å². The monoisotopic (exact) mass is 354 g/mol. The lowest BCUT2D eigenvalue weighted by Gasteiger charge is -2.20. The number of nitrogens with zero attached hydrogens (tertiary/aromatic N) is 4. The molecule has 1 aliphatic carbocycles. The standard InChI is InChI=1S/C13H18N6O4S/c1-24(22,23)17-10-4-2-3-9(10)7-14-11-5-6-12-15-8-13(19(20)21)18(12)16-11/h5-6,8-10,17H,2-4,7H2,1H3,(H,14,16). The fourth-order valence-corrected chi connectivity index (χ4v) is 3.89. The third-order valence-corrected chi connectivity index (χ3v) is 4.83. The Morgan fingerprint density at radius 2 is 2.21 bits per heavy atom. The molecule has 2 N–H and O–H groups in total. The van der Waals surface area contributed by atoms with Gasteiger partial charge in [0.15, 0.2) is 5.82 Å². The maximum absolute atomic E-state index is 11.4. The van der Waals surface area contributed by atoms with E-state index in [0.29, 0.717) is 18.0 Å². The number of nitro groups is 1. The van der Waals surface area contributed by atoms with E-state index in [1.807, 2.05) is 0 Å². The number of fused-ring (bicyclic) bond motifs is 1. The van der Waals surface area contributed by atoms with E-state index in [9.17, 15) is 18.5 Å². The van der Waals surface area contributed by atoms with Crippen LogP contribution in [0, 0.1) is 16.0 Å². The van der Waals surface area contributed by atoms with Gasteiger partial charge in [0.2, 0.25) is 15.7 Å². The van der Waals surface area contributed by atoms with E-state index in [1.165, 1.54) is 4.52 Å². The topological polar surface area (TPSA) is 132 Å². The van der Waals surface area contributed by atoms with E-state index >= 15 is 0 Å². The maximum atomic E-state index is 11.4. The van der Waals surface area contributed by atoms with Gasteiger partial charge in [-0.25, -0.2) is 18.1 Å². The van der Waals surface area contributed by atoms with Crippen molar-refractivity contribution in [1.29, 1.82) is 0 Å². The Balaban J connectivity index is 1.71. The number of sulfonamides is 1. The molecule has 2 unspecified atom stereocenters. The Bertz CT molecular complexity index is 864. The Morgan fingerprint density at radius 3 is 2.92 bits per heavy atom. The van der Waals surface area contributed by atoms with E-state index in [2.05, 4.69) is 20.1 Å². The van der Waals surface area contributed by atoms with Crippen molar-refractivity contribution in [3.63, 3.8) is 0 Å². The third-order valence-electron chi connectivity index (χ3n) is 4.10. The predicted octanol–water partition coefficient (Wildman–Crippen LogP) is 0.767. The highest BCUT2D eigenvalue weighted by atomic mass is 32.2. The van der Waals surface area contributed by atoms with Crippen LogP contribution in [0.3, 0.4) is 0 Å². The van der Waals surface area contributed by atoms with Crippen molar-refractivity contribution < 1.29 is 13.3 Å². The van der Waals surface area contributed by atoms with Crippen LogP contribution < -0.4 is 10.0 Å². The lowest BCUT2D eigenvalue weighted by Crippen LogP contribution is -2.39. The summed E-state index contributed by atoms with van der Waals surface area (Å²) >= 11 is 0. The van der Waals surface area contributed by atoms with Gasteiger partial charge in [-0.3, -0.25) is 0 Å². The van der Waals surface area contributed by atoms with Crippen LogP contribution >= 0.6 is 0 Å². The summed E-state index contributed by atoms with van der Waals surface area (Å²) < 4.78 is 26.6. The van der Waals surface area contributed by atoms with E-state index < -0.39 is 14.9 Å². The molecule has 0 amide bonds. The Hall–Kier alpha value is -2.27. The second-order valence-corrected chi connectivity index (χ2v) is 7.71. The van der Waals surface area contributed by atoms with E-state index in [1.54, 1.807) is 12.1 Å². The molecule has 0 aliphatic heterocycles. The fourth-order valence-electron chi connectivity index (χ4n) is 3.03. The molecule has 1 saturated carbocycles. The van der Waals surface area contributed by atoms with Gasteiger partial charge in [-0.1, -0.05) is 16.0 Å². The van der Waals surface area contributed by atoms with Crippen molar-refractivity contribution in [3.05, 3.63) is 28.4 Å². The quantitative estimate of drug-likeness (QED) is 0.578. The summed E-state index contributed by atoms with van der Waals surface area (Å²) in [5, 5.41) is 18.3. The number of imidazole rings is 1. The van der Waals surface area contributed by atoms with E-state index in [4.69, 9.17) is 0 Å². The average Bonchev–Trinajstić information content (AvgIpc) is 3.09. The molecule has 0 aromatic carbocycles. The van der Waals surface area contributed by atoms with Crippen LogP contribution in [0.1, 0.15) is 19.3 Å². The number of hydrogen-bond acceptors (Lipinski definition) is 7. The highest BCUT2D eigenvalue weighted by molar-refractivity contribution is 7.88. The number of rotatable bonds is 6. The highest BCUT2D eigenvalue weighted by Crippen LogP contribution is 2.26. The van der Waals surface area contributed by atoms with Crippen molar-refractivity contribution in [2.45, 2.75) is 25.3 Å². The minimum Gasteiger partial charge on any atom is -0.367 e. The van der Waals surface area contributed by atoms with Crippen molar-refractivity contribution in [3.8, 4) is 0 Å². The summed E-state index contributed by atoms with van der Waals surface area (Å²) in [6, 6.07) is 3.24. The van der Waals surface area contributed by atoms with Crippen molar-refractivity contribution in [2.75, 3.05) is 18.1 Å². The van der Waals surface area contributed by atoms with Gasteiger partial charge in [-0.05, 0) is 29.7 Å². The van der Waals surface area contributed by atoms with Crippen LogP contribution in [-0.2, 0) is 10.0 Å². The molecule has 2 heterocycles. The molecule has 24 heavy (non-hydrogen) atoms. The van der Waals surface area contributed by atoms with Crippen molar-refractivity contribution >= 4 is 27.3 Å². The molecule has 2 atom stereocenters. The zero-order valence-corrected chi connectivity index (χ0v) is 13.9. The molecule has 2 aromatic heterocycles. The van der Waals surface area contributed by atoms with Crippen molar-refractivity contribution in [1.82, 2.24) is 19.3 Å². The van der Waals surface area contributed by atoms with Crippen LogP contribution in [0.5, 0.6) is 0 Å². The van der Waals surface area contributed by atoms with Crippen LogP contribution in [0.25, 0.3) is 5.65 Å². The van der Waals surface area contributed by atoms with Gasteiger partial charge >= 0.3 is 5.82 Å². The third kappa shape index (κ3) is 3.62. The molecule has 0 radical (unpaired) electrons. The molecule has 11 heteroatoms.